The van der Waals surface area contributed by atoms with Gasteiger partial charge in [-0.2, -0.15) is 0 Å². The van der Waals surface area contributed by atoms with Crippen molar-refractivity contribution in [2.75, 3.05) is 43.1 Å². The molecule has 5 heterocycles. The highest BCUT2D eigenvalue weighted by molar-refractivity contribution is 6.23. The third-order valence-electron chi connectivity index (χ3n) is 10.7. The zero-order valence-electron chi connectivity index (χ0n) is 29.2. The van der Waals surface area contributed by atoms with Gasteiger partial charge in [0, 0.05) is 43.4 Å². The summed E-state index contributed by atoms with van der Waals surface area (Å²) in [7, 11) is 0. The smallest absolute Gasteiger partial charge is 0.262 e. The topological polar surface area (TPSA) is 143 Å². The molecular formula is C40H40N6O6. The predicted octanol–water partition coefficient (Wildman–Crippen LogP) is 4.27. The van der Waals surface area contributed by atoms with Crippen LogP contribution >= 0.6 is 0 Å². The Kier molecular flexibility index (Phi) is 8.49. The molecule has 2 N–H and O–H groups in total. The number of hydrogen-bond donors (Lipinski definition) is 2. The van der Waals surface area contributed by atoms with Crippen LogP contribution in [0.2, 0.25) is 0 Å². The summed E-state index contributed by atoms with van der Waals surface area (Å²) in [4.78, 5) is 62.4. The van der Waals surface area contributed by atoms with Gasteiger partial charge in [-0.1, -0.05) is 50.2 Å². The van der Waals surface area contributed by atoms with Gasteiger partial charge in [0.25, 0.3) is 11.8 Å². The lowest BCUT2D eigenvalue weighted by atomic mass is 9.78. The molecule has 4 aromatic rings. The molecule has 0 bridgehead atoms. The summed E-state index contributed by atoms with van der Waals surface area (Å²) < 4.78 is 11.5. The number of ether oxygens (including phenoxy) is 2. The van der Waals surface area contributed by atoms with Crippen molar-refractivity contribution in [1.82, 2.24) is 20.2 Å². The quantitative estimate of drug-likeness (QED) is 0.218. The van der Waals surface area contributed by atoms with Crippen molar-refractivity contribution in [3.05, 3.63) is 113 Å². The second-order valence-electron chi connectivity index (χ2n) is 14.7. The van der Waals surface area contributed by atoms with Gasteiger partial charge in [-0.05, 0) is 65.9 Å². The third-order valence-corrected chi connectivity index (χ3v) is 10.7. The second-order valence-corrected chi connectivity index (χ2v) is 14.7. The van der Waals surface area contributed by atoms with E-state index in [2.05, 4.69) is 70.8 Å². The summed E-state index contributed by atoms with van der Waals surface area (Å²) in [5.41, 5.74) is 5.66. The van der Waals surface area contributed by atoms with Gasteiger partial charge >= 0.3 is 0 Å². The average Bonchev–Trinajstić information content (AvgIpc) is 3.35. The molecule has 1 atom stereocenters. The van der Waals surface area contributed by atoms with E-state index >= 15 is 0 Å². The molecule has 52 heavy (non-hydrogen) atoms. The summed E-state index contributed by atoms with van der Waals surface area (Å²) in [6.07, 6.45) is 2.75. The summed E-state index contributed by atoms with van der Waals surface area (Å²) in [5.74, 6) is -0.523. The molecule has 4 amide bonds. The average molecular weight is 701 g/mol. The van der Waals surface area contributed by atoms with Crippen LogP contribution in [0.25, 0.3) is 0 Å². The van der Waals surface area contributed by atoms with E-state index in [4.69, 9.17) is 14.5 Å². The molecule has 3 saturated heterocycles. The van der Waals surface area contributed by atoms with Gasteiger partial charge in [-0.3, -0.25) is 29.4 Å². The number of nitrogens with one attached hydrogen (secondary N) is 2. The number of benzene rings is 3. The van der Waals surface area contributed by atoms with Crippen molar-refractivity contribution >= 4 is 35.3 Å². The van der Waals surface area contributed by atoms with E-state index in [1.165, 1.54) is 11.1 Å². The van der Waals surface area contributed by atoms with Crippen molar-refractivity contribution in [2.45, 2.75) is 51.2 Å². The maximum Gasteiger partial charge on any atom is 0.262 e. The zero-order chi connectivity index (χ0) is 36.0. The highest BCUT2D eigenvalue weighted by atomic mass is 16.5. The number of carbonyl (C=O) groups is 4. The molecule has 1 unspecified atom stereocenters. The normalized spacial score (nSPS) is 19.2. The number of fused-ring (bicyclic) bond motifs is 1. The van der Waals surface area contributed by atoms with Gasteiger partial charge in [0.05, 0.1) is 35.4 Å². The first kappa shape index (κ1) is 33.5. The van der Waals surface area contributed by atoms with Crippen LogP contribution in [0, 0.1) is 5.41 Å². The Bertz CT molecular complexity index is 2050. The Morgan fingerprint density at radius 2 is 1.63 bits per heavy atom. The monoisotopic (exact) mass is 700 g/mol. The number of carbonyl (C=O) groups excluding carboxylic acids is 4. The molecule has 0 saturated carbocycles. The summed E-state index contributed by atoms with van der Waals surface area (Å²) in [5, 5.41) is 5.58. The lowest BCUT2D eigenvalue weighted by molar-refractivity contribution is -0.136. The van der Waals surface area contributed by atoms with Crippen LogP contribution in [-0.4, -0.2) is 77.4 Å². The van der Waals surface area contributed by atoms with E-state index < -0.39 is 29.7 Å². The molecular weight excluding hydrogens is 660 g/mol. The van der Waals surface area contributed by atoms with E-state index in [9.17, 15) is 19.2 Å². The Balaban J connectivity index is 0.832. The molecule has 1 spiro atoms. The molecule has 12 nitrogen and oxygen atoms in total. The molecule has 0 radical (unpaired) electrons. The lowest BCUT2D eigenvalue weighted by Gasteiger charge is -2.54. The van der Waals surface area contributed by atoms with Gasteiger partial charge in [0.2, 0.25) is 17.8 Å². The van der Waals surface area contributed by atoms with Gasteiger partial charge in [-0.15, -0.1) is 0 Å². The Morgan fingerprint density at radius 1 is 0.923 bits per heavy atom. The molecule has 4 aliphatic heterocycles. The minimum Gasteiger partial charge on any atom is -0.487 e. The maximum atomic E-state index is 13.2. The van der Waals surface area contributed by atoms with Crippen molar-refractivity contribution in [2.24, 2.45) is 5.41 Å². The van der Waals surface area contributed by atoms with Gasteiger partial charge < -0.3 is 19.7 Å². The summed E-state index contributed by atoms with van der Waals surface area (Å²) >= 11 is 0. The Labute approximate surface area is 301 Å². The Hall–Kier alpha value is -5.62. The molecule has 1 aromatic heterocycles. The van der Waals surface area contributed by atoms with E-state index in [0.717, 1.165) is 60.6 Å². The van der Waals surface area contributed by atoms with Crippen LogP contribution in [0.4, 0.5) is 11.6 Å². The number of aromatic nitrogens is 2. The highest BCUT2D eigenvalue weighted by Gasteiger charge is 2.50. The standard InChI is InChI=1S/C40H40N6O6/c1-39(2,27-7-10-30(11-8-27)52-20-29-16-18-42-38(43-29)45-21-40(22-45)23-51-24-40)26-5-3-25(4-6-26)15-17-41-28-9-12-31-32(19-28)37(50)46(36(31)49)33-13-14-34(47)44-35(33)48/h3-12,16,18-19,33,41H,13-15,17,20-24H2,1-2H3,(H,44,47,48). The fourth-order valence-corrected chi connectivity index (χ4v) is 7.41. The van der Waals surface area contributed by atoms with Gasteiger partial charge in [0.15, 0.2) is 0 Å². The van der Waals surface area contributed by atoms with E-state index in [1.54, 1.807) is 24.4 Å². The number of imide groups is 2. The minimum absolute atomic E-state index is 0.0851. The van der Waals surface area contributed by atoms with E-state index in [0.29, 0.717) is 24.3 Å². The van der Waals surface area contributed by atoms with Crippen LogP contribution in [0.3, 0.4) is 0 Å². The van der Waals surface area contributed by atoms with Crippen LogP contribution in [0.15, 0.2) is 79.0 Å². The number of nitrogens with zero attached hydrogens (tertiary/aromatic N) is 4. The lowest BCUT2D eigenvalue weighted by Crippen LogP contribution is -2.66. The summed E-state index contributed by atoms with van der Waals surface area (Å²) in [6.45, 7) is 8.94. The van der Waals surface area contributed by atoms with Crippen molar-refractivity contribution in [3.63, 3.8) is 0 Å². The first-order valence-corrected chi connectivity index (χ1v) is 17.7. The first-order chi connectivity index (χ1) is 25.1. The fraction of sp³-hybridized carbons (Fsp3) is 0.350. The molecule has 4 aliphatic rings. The fourth-order valence-electron chi connectivity index (χ4n) is 7.41. The van der Waals surface area contributed by atoms with Crippen molar-refractivity contribution in [3.8, 4) is 5.75 Å². The number of piperidine rings is 1. The summed E-state index contributed by atoms with van der Waals surface area (Å²) in [6, 6.07) is 22.8. The second kappa shape index (κ2) is 13.2. The highest BCUT2D eigenvalue weighted by Crippen LogP contribution is 2.39. The number of rotatable bonds is 11. The SMILES string of the molecule is CC(C)(c1ccc(CCNc2ccc3c(c2)C(=O)N(C2CCC(=O)NC2=O)C3=O)cc1)c1ccc(OCc2ccnc(N3CC4(COC4)C3)n2)cc1. The Morgan fingerprint density at radius 3 is 2.33 bits per heavy atom. The number of amides is 4. The maximum absolute atomic E-state index is 13.2. The van der Waals surface area contributed by atoms with Crippen LogP contribution in [0.5, 0.6) is 5.75 Å². The van der Waals surface area contributed by atoms with Crippen LogP contribution in [-0.2, 0) is 32.8 Å². The third kappa shape index (κ3) is 6.27. The minimum atomic E-state index is -0.982. The molecule has 3 aromatic carbocycles. The first-order valence-electron chi connectivity index (χ1n) is 17.7. The largest absolute Gasteiger partial charge is 0.487 e. The van der Waals surface area contributed by atoms with E-state index in [1.807, 2.05) is 18.2 Å². The van der Waals surface area contributed by atoms with Crippen molar-refractivity contribution < 1.29 is 28.7 Å². The molecule has 0 aliphatic carbocycles. The van der Waals surface area contributed by atoms with Crippen molar-refractivity contribution in [1.29, 1.82) is 0 Å². The molecule has 266 valence electrons. The molecule has 3 fully saturated rings. The van der Waals surface area contributed by atoms with E-state index in [-0.39, 0.29) is 29.4 Å². The van der Waals surface area contributed by atoms with Crippen LogP contribution in [0.1, 0.15) is 69.8 Å². The molecule has 12 heteroatoms. The van der Waals surface area contributed by atoms with Gasteiger partial charge in [0.1, 0.15) is 18.4 Å². The number of anilines is 2. The zero-order valence-corrected chi connectivity index (χ0v) is 29.2. The number of hydrogen-bond acceptors (Lipinski definition) is 10. The molecule has 8 rings (SSSR count). The predicted molar refractivity (Wildman–Crippen MR) is 192 cm³/mol. The van der Waals surface area contributed by atoms with Gasteiger partial charge in [-0.25, -0.2) is 9.97 Å². The van der Waals surface area contributed by atoms with Crippen LogP contribution < -0.4 is 20.3 Å².